The van der Waals surface area contributed by atoms with E-state index in [0.717, 1.165) is 43.2 Å². The van der Waals surface area contributed by atoms with Gasteiger partial charge in [-0.1, -0.05) is 62.2 Å². The van der Waals surface area contributed by atoms with Crippen molar-refractivity contribution in [3.8, 4) is 5.75 Å². The Morgan fingerprint density at radius 1 is 1.06 bits per heavy atom. The molecule has 1 N–H and O–H groups in total. The van der Waals surface area contributed by atoms with Gasteiger partial charge < -0.3 is 19.4 Å². The van der Waals surface area contributed by atoms with Crippen molar-refractivity contribution >= 4 is 11.8 Å². The monoisotopic (exact) mass is 460 g/mol. The number of carbonyl (C=O) groups is 2. The third-order valence-corrected chi connectivity index (χ3v) is 6.49. The fourth-order valence-corrected chi connectivity index (χ4v) is 4.60. The van der Waals surface area contributed by atoms with Crippen LogP contribution in [0.5, 0.6) is 5.75 Å². The zero-order chi connectivity index (χ0) is 23.9. The molecule has 0 spiro atoms. The number of hydrogen-bond donors (Lipinski definition) is 1. The Bertz CT molecular complexity index is 1090. The number of para-hydroxylation sites is 1. The summed E-state index contributed by atoms with van der Waals surface area (Å²) in [5.74, 6) is 0.336. The molecule has 2 amide bonds. The fraction of sp³-hybridized carbons (Fsp3) is 0.357. The maximum absolute atomic E-state index is 13.7. The third-order valence-electron chi connectivity index (χ3n) is 6.49. The normalized spacial score (nSPS) is 14.5. The van der Waals surface area contributed by atoms with Crippen LogP contribution < -0.4 is 10.1 Å². The molecule has 6 nitrogen and oxygen atoms in total. The van der Waals surface area contributed by atoms with E-state index < -0.39 is 6.04 Å². The molecule has 1 fully saturated rings. The van der Waals surface area contributed by atoms with Crippen molar-refractivity contribution in [2.75, 3.05) is 7.11 Å². The highest BCUT2D eigenvalue weighted by Gasteiger charge is 2.35. The molecule has 1 aliphatic carbocycles. The Kier molecular flexibility index (Phi) is 7.68. The molecule has 1 unspecified atom stereocenters. The van der Waals surface area contributed by atoms with Crippen LogP contribution in [0.15, 0.2) is 71.3 Å². The average Bonchev–Trinajstić information content (AvgIpc) is 3.59. The van der Waals surface area contributed by atoms with Crippen LogP contribution in [0.3, 0.4) is 0 Å². The van der Waals surface area contributed by atoms with E-state index in [2.05, 4.69) is 12.2 Å². The Morgan fingerprint density at radius 3 is 2.44 bits per heavy atom. The van der Waals surface area contributed by atoms with Crippen LogP contribution >= 0.6 is 0 Å². The molecule has 1 aromatic heterocycles. The van der Waals surface area contributed by atoms with Crippen molar-refractivity contribution in [3.63, 3.8) is 0 Å². The van der Waals surface area contributed by atoms with Gasteiger partial charge in [-0.25, -0.2) is 0 Å². The van der Waals surface area contributed by atoms with E-state index >= 15 is 0 Å². The summed E-state index contributed by atoms with van der Waals surface area (Å²) in [6, 6.07) is 18.1. The zero-order valence-electron chi connectivity index (χ0n) is 19.8. The van der Waals surface area contributed by atoms with Gasteiger partial charge in [0, 0.05) is 11.6 Å². The first kappa shape index (κ1) is 23.6. The summed E-state index contributed by atoms with van der Waals surface area (Å²) in [7, 11) is 1.60. The van der Waals surface area contributed by atoms with E-state index in [1.165, 1.54) is 11.8 Å². The molecule has 0 aliphatic heterocycles. The molecule has 1 heterocycles. The van der Waals surface area contributed by atoms with E-state index in [1.54, 1.807) is 24.1 Å². The molecule has 1 saturated carbocycles. The van der Waals surface area contributed by atoms with E-state index in [0.29, 0.717) is 5.75 Å². The average molecular weight is 461 g/mol. The minimum absolute atomic E-state index is 0.136. The first-order chi connectivity index (χ1) is 16.6. The zero-order valence-corrected chi connectivity index (χ0v) is 19.8. The lowest BCUT2D eigenvalue weighted by Crippen LogP contribution is -2.45. The number of carbonyl (C=O) groups excluding carboxylic acids is 2. The van der Waals surface area contributed by atoms with Crippen LogP contribution in [0.25, 0.3) is 0 Å². The number of amides is 2. The molecule has 0 saturated heterocycles. The standard InChI is InChI=1S/C28H32N2O4/c1-3-20-14-16-21(17-15-20)26(27(31)29-23-10-5-6-11-23)30(28(32)25-13-8-18-34-25)19-22-9-4-7-12-24(22)33-2/h4,7-9,12-18,23,26H,3,5-6,10-11,19H2,1-2H3,(H,29,31). The van der Waals surface area contributed by atoms with Crippen molar-refractivity contribution in [3.05, 3.63) is 89.4 Å². The molecule has 0 radical (unpaired) electrons. The Labute approximate surface area is 200 Å². The van der Waals surface area contributed by atoms with Crippen LogP contribution in [0.4, 0.5) is 0 Å². The summed E-state index contributed by atoms with van der Waals surface area (Å²) in [4.78, 5) is 29.0. The van der Waals surface area contributed by atoms with Crippen molar-refractivity contribution in [2.24, 2.45) is 0 Å². The van der Waals surface area contributed by atoms with Crippen LogP contribution in [0, 0.1) is 0 Å². The highest BCUT2D eigenvalue weighted by Crippen LogP contribution is 2.30. The number of rotatable bonds is 9. The molecule has 34 heavy (non-hydrogen) atoms. The highest BCUT2D eigenvalue weighted by molar-refractivity contribution is 5.96. The van der Waals surface area contributed by atoms with Gasteiger partial charge in [0.25, 0.3) is 5.91 Å². The minimum Gasteiger partial charge on any atom is -0.496 e. The first-order valence-electron chi connectivity index (χ1n) is 12.0. The van der Waals surface area contributed by atoms with Crippen LogP contribution in [0.1, 0.15) is 65.9 Å². The molecular formula is C28H32N2O4. The van der Waals surface area contributed by atoms with Crippen molar-refractivity contribution in [2.45, 2.75) is 57.7 Å². The second-order valence-electron chi connectivity index (χ2n) is 8.71. The molecule has 2 aromatic carbocycles. The van der Waals surface area contributed by atoms with Gasteiger partial charge in [-0.2, -0.15) is 0 Å². The molecule has 3 aromatic rings. The molecule has 1 atom stereocenters. The number of nitrogens with one attached hydrogen (secondary N) is 1. The largest absolute Gasteiger partial charge is 0.496 e. The lowest BCUT2D eigenvalue weighted by Gasteiger charge is -2.32. The summed E-state index contributed by atoms with van der Waals surface area (Å²) in [5, 5.41) is 3.21. The van der Waals surface area contributed by atoms with Gasteiger partial charge in [0.05, 0.1) is 19.9 Å². The molecule has 6 heteroatoms. The third kappa shape index (κ3) is 5.33. The smallest absolute Gasteiger partial charge is 0.290 e. The molecule has 4 rings (SSSR count). The summed E-state index contributed by atoms with van der Waals surface area (Å²) in [6.07, 6.45) is 6.51. The van der Waals surface area contributed by atoms with Gasteiger partial charge in [0.15, 0.2) is 5.76 Å². The fourth-order valence-electron chi connectivity index (χ4n) is 4.60. The highest BCUT2D eigenvalue weighted by atomic mass is 16.5. The molecular weight excluding hydrogens is 428 g/mol. The van der Waals surface area contributed by atoms with Crippen molar-refractivity contribution in [1.29, 1.82) is 0 Å². The van der Waals surface area contributed by atoms with Gasteiger partial charge >= 0.3 is 0 Å². The second-order valence-corrected chi connectivity index (χ2v) is 8.71. The second kappa shape index (κ2) is 11.1. The lowest BCUT2D eigenvalue weighted by atomic mass is 9.99. The van der Waals surface area contributed by atoms with Crippen LogP contribution in [-0.2, 0) is 17.8 Å². The number of aryl methyl sites for hydroxylation is 1. The predicted octanol–water partition coefficient (Wildman–Crippen LogP) is 5.29. The lowest BCUT2D eigenvalue weighted by molar-refractivity contribution is -0.126. The van der Waals surface area contributed by atoms with Crippen molar-refractivity contribution in [1.82, 2.24) is 10.2 Å². The summed E-state index contributed by atoms with van der Waals surface area (Å²) >= 11 is 0. The molecule has 1 aliphatic rings. The Morgan fingerprint density at radius 2 is 1.79 bits per heavy atom. The predicted molar refractivity (Wildman–Crippen MR) is 131 cm³/mol. The number of nitrogens with zero attached hydrogens (tertiary/aromatic N) is 1. The summed E-state index contributed by atoms with van der Waals surface area (Å²) in [6.45, 7) is 2.29. The first-order valence-corrected chi connectivity index (χ1v) is 12.0. The number of benzene rings is 2. The Balaban J connectivity index is 1.76. The van der Waals surface area contributed by atoms with E-state index in [9.17, 15) is 9.59 Å². The van der Waals surface area contributed by atoms with Gasteiger partial charge in [-0.3, -0.25) is 9.59 Å². The molecule has 0 bridgehead atoms. The van der Waals surface area contributed by atoms with Crippen LogP contribution in [-0.4, -0.2) is 29.9 Å². The number of hydrogen-bond acceptors (Lipinski definition) is 4. The number of furan rings is 1. The minimum atomic E-state index is -0.811. The van der Waals surface area contributed by atoms with E-state index in [1.807, 2.05) is 48.5 Å². The number of methoxy groups -OCH3 is 1. The topological polar surface area (TPSA) is 71.8 Å². The van der Waals surface area contributed by atoms with Gasteiger partial charge in [-0.15, -0.1) is 0 Å². The maximum atomic E-state index is 13.7. The van der Waals surface area contributed by atoms with Gasteiger partial charge in [0.1, 0.15) is 11.8 Å². The van der Waals surface area contributed by atoms with Crippen molar-refractivity contribution < 1.29 is 18.7 Å². The molecule has 178 valence electrons. The van der Waals surface area contributed by atoms with Crippen LogP contribution in [0.2, 0.25) is 0 Å². The maximum Gasteiger partial charge on any atom is 0.290 e. The Hall–Kier alpha value is -3.54. The van der Waals surface area contributed by atoms with Gasteiger partial charge in [-0.05, 0) is 48.6 Å². The SMILES string of the molecule is CCc1ccc(C(C(=O)NC2CCCC2)N(Cc2ccccc2OC)C(=O)c2ccco2)cc1. The van der Waals surface area contributed by atoms with E-state index in [-0.39, 0.29) is 30.2 Å². The quantitative estimate of drug-likeness (QED) is 0.471. The van der Waals surface area contributed by atoms with Gasteiger partial charge in [0.2, 0.25) is 5.91 Å². The van der Waals surface area contributed by atoms with E-state index in [4.69, 9.17) is 9.15 Å². The summed E-state index contributed by atoms with van der Waals surface area (Å²) in [5.41, 5.74) is 2.75. The number of ether oxygens (including phenoxy) is 1. The summed E-state index contributed by atoms with van der Waals surface area (Å²) < 4.78 is 11.0.